The van der Waals surface area contributed by atoms with E-state index in [1.54, 1.807) is 24.1 Å². The van der Waals surface area contributed by atoms with E-state index in [-0.39, 0.29) is 30.2 Å². The lowest BCUT2D eigenvalue weighted by molar-refractivity contribution is -0.137. The summed E-state index contributed by atoms with van der Waals surface area (Å²) in [5, 5.41) is 5.83. The van der Waals surface area contributed by atoms with Crippen molar-refractivity contribution in [2.45, 2.75) is 32.0 Å². The van der Waals surface area contributed by atoms with Crippen LogP contribution in [0.2, 0.25) is 0 Å². The van der Waals surface area contributed by atoms with Crippen molar-refractivity contribution in [3.8, 4) is 28.8 Å². The normalized spacial score (nSPS) is 16.5. The van der Waals surface area contributed by atoms with Crippen molar-refractivity contribution < 1.29 is 27.5 Å². The molecule has 196 valence electrons. The molecule has 2 aliphatic rings. The molecule has 2 amide bonds. The lowest BCUT2D eigenvalue weighted by Crippen LogP contribution is -2.53. The molecule has 0 radical (unpaired) electrons. The van der Waals surface area contributed by atoms with Crippen molar-refractivity contribution in [1.82, 2.24) is 20.2 Å². The number of halogens is 3. The molecule has 0 spiro atoms. The molecule has 0 aliphatic carbocycles. The van der Waals surface area contributed by atoms with Gasteiger partial charge in [0.25, 0.3) is 11.8 Å². The van der Waals surface area contributed by atoms with Crippen LogP contribution in [-0.2, 0) is 17.4 Å². The number of benzene rings is 1. The number of carbonyl (C=O) groups excluding carboxylic acids is 2. The van der Waals surface area contributed by atoms with Crippen LogP contribution >= 0.6 is 0 Å². The van der Waals surface area contributed by atoms with Gasteiger partial charge < -0.3 is 25.3 Å². The fraction of sp³-hybridized carbons (Fsp3) is 0.296. The van der Waals surface area contributed by atoms with E-state index in [4.69, 9.17) is 4.74 Å². The zero-order chi connectivity index (χ0) is 26.9. The maximum absolute atomic E-state index is 13.3. The molecule has 4 heterocycles. The number of H-pyrrole nitrogens is 1. The molecule has 0 saturated carbocycles. The number of likely N-dealkylation sites (tertiary alicyclic amines) is 1. The summed E-state index contributed by atoms with van der Waals surface area (Å²) in [6.45, 7) is 2.85. The minimum Gasteiger partial charge on any atom is -0.489 e. The number of ether oxygens (including phenoxy) is 1. The number of rotatable bonds is 6. The Hall–Kier alpha value is -4.46. The average Bonchev–Trinajstić information content (AvgIpc) is 3.23. The molecule has 2 aromatic heterocycles. The number of hydrogen-bond acceptors (Lipinski definition) is 5. The number of aromatic nitrogens is 2. The van der Waals surface area contributed by atoms with E-state index in [0.717, 1.165) is 18.6 Å². The Balaban J connectivity index is 1.49. The molecule has 1 aromatic carbocycles. The van der Waals surface area contributed by atoms with Crippen LogP contribution in [-0.4, -0.2) is 52.4 Å². The number of pyridine rings is 1. The van der Waals surface area contributed by atoms with E-state index in [1.807, 2.05) is 0 Å². The predicted molar refractivity (Wildman–Crippen MR) is 134 cm³/mol. The molecule has 1 saturated heterocycles. The fourth-order valence-corrected chi connectivity index (χ4v) is 4.57. The number of alkyl halides is 3. The standard InChI is InChI=1S/C27H24F3N5O3/c1-2-4-22(36)35-12-9-18(35)15-38-21-14-31-10-7-19(21)24-25(23-20(34-24)8-11-32-26(23)37)33-17-6-3-5-16(13-17)27(28,29)30/h3,5-7,10,13-14,18,33-34H,8-9,11-12,15H2,1H3,(H,32,37)/t18-/m1/s1. The summed E-state index contributed by atoms with van der Waals surface area (Å²) >= 11 is 0. The number of fused-ring (bicyclic) bond motifs is 1. The summed E-state index contributed by atoms with van der Waals surface area (Å²) in [4.78, 5) is 34.0. The second kappa shape index (κ2) is 10.1. The number of aromatic amines is 1. The highest BCUT2D eigenvalue weighted by Crippen LogP contribution is 2.41. The minimum absolute atomic E-state index is 0.137. The van der Waals surface area contributed by atoms with E-state index in [9.17, 15) is 22.8 Å². The van der Waals surface area contributed by atoms with Gasteiger partial charge in [-0.1, -0.05) is 12.0 Å². The number of hydrogen-bond donors (Lipinski definition) is 3. The third kappa shape index (κ3) is 4.89. The van der Waals surface area contributed by atoms with Gasteiger partial charge in [-0.2, -0.15) is 13.2 Å². The molecule has 3 N–H and O–H groups in total. The third-order valence-corrected chi connectivity index (χ3v) is 6.55. The Bertz CT molecular complexity index is 1450. The highest BCUT2D eigenvalue weighted by molar-refractivity contribution is 6.06. The first-order chi connectivity index (χ1) is 18.3. The van der Waals surface area contributed by atoms with Crippen LogP contribution in [0, 0.1) is 11.8 Å². The Morgan fingerprint density at radius 2 is 2.16 bits per heavy atom. The lowest BCUT2D eigenvalue weighted by atomic mass is 10.0. The van der Waals surface area contributed by atoms with Crippen LogP contribution in [0.15, 0.2) is 42.7 Å². The van der Waals surface area contributed by atoms with Crippen molar-refractivity contribution in [3.63, 3.8) is 0 Å². The summed E-state index contributed by atoms with van der Waals surface area (Å²) in [5.41, 5.74) is 1.76. The Morgan fingerprint density at radius 1 is 1.32 bits per heavy atom. The molecular weight excluding hydrogens is 499 g/mol. The van der Waals surface area contributed by atoms with Gasteiger partial charge in [0.1, 0.15) is 12.4 Å². The van der Waals surface area contributed by atoms with Gasteiger partial charge in [-0.05, 0) is 43.5 Å². The second-order valence-corrected chi connectivity index (χ2v) is 8.94. The highest BCUT2D eigenvalue weighted by Gasteiger charge is 2.33. The summed E-state index contributed by atoms with van der Waals surface area (Å²) < 4.78 is 46.1. The maximum Gasteiger partial charge on any atom is 0.416 e. The molecule has 5 rings (SSSR count). The topological polar surface area (TPSA) is 99.3 Å². The number of nitrogens with zero attached hydrogens (tertiary/aromatic N) is 2. The zero-order valence-corrected chi connectivity index (χ0v) is 20.4. The predicted octanol–water partition coefficient (Wildman–Crippen LogP) is 4.13. The van der Waals surface area contributed by atoms with Gasteiger partial charge in [-0.15, -0.1) is 0 Å². The molecule has 38 heavy (non-hydrogen) atoms. The van der Waals surface area contributed by atoms with Crippen molar-refractivity contribution in [2.24, 2.45) is 0 Å². The summed E-state index contributed by atoms with van der Waals surface area (Å²) in [5.74, 6) is 4.96. The summed E-state index contributed by atoms with van der Waals surface area (Å²) in [7, 11) is 0. The first-order valence-electron chi connectivity index (χ1n) is 12.0. The van der Waals surface area contributed by atoms with Crippen LogP contribution in [0.4, 0.5) is 24.5 Å². The minimum atomic E-state index is -4.51. The Labute approximate surface area is 216 Å². The van der Waals surface area contributed by atoms with Gasteiger partial charge in [0.15, 0.2) is 0 Å². The fourth-order valence-electron chi connectivity index (χ4n) is 4.57. The second-order valence-electron chi connectivity index (χ2n) is 8.94. The van der Waals surface area contributed by atoms with Crippen molar-refractivity contribution in [1.29, 1.82) is 0 Å². The molecule has 8 nitrogen and oxygen atoms in total. The van der Waals surface area contributed by atoms with E-state index < -0.39 is 11.7 Å². The van der Waals surface area contributed by atoms with E-state index in [2.05, 4.69) is 32.4 Å². The quantitative estimate of drug-likeness (QED) is 0.422. The summed E-state index contributed by atoms with van der Waals surface area (Å²) in [6, 6.07) is 6.36. The molecule has 3 aromatic rings. The van der Waals surface area contributed by atoms with Gasteiger partial charge in [0, 0.05) is 42.7 Å². The van der Waals surface area contributed by atoms with Crippen LogP contribution in [0.1, 0.15) is 35.0 Å². The lowest BCUT2D eigenvalue weighted by Gasteiger charge is -2.39. The Kier molecular flexibility index (Phi) is 6.72. The van der Waals surface area contributed by atoms with Gasteiger partial charge in [-0.3, -0.25) is 14.6 Å². The SMILES string of the molecule is CC#CC(=O)N1CC[C@@H]1COc1cnccc1-c1[nH]c2c(c1Nc1cccc(C(F)(F)F)c1)C(=O)NCC2. The zero-order valence-electron chi connectivity index (χ0n) is 20.4. The van der Waals surface area contributed by atoms with Gasteiger partial charge in [0.05, 0.1) is 34.7 Å². The highest BCUT2D eigenvalue weighted by atomic mass is 19.4. The van der Waals surface area contributed by atoms with Crippen LogP contribution in [0.25, 0.3) is 11.3 Å². The molecule has 1 fully saturated rings. The molecule has 0 unspecified atom stereocenters. The van der Waals surface area contributed by atoms with Crippen LogP contribution in [0.3, 0.4) is 0 Å². The molecule has 0 bridgehead atoms. The number of amides is 2. The van der Waals surface area contributed by atoms with E-state index >= 15 is 0 Å². The third-order valence-electron chi connectivity index (χ3n) is 6.55. The molecular formula is C27H24F3N5O3. The first-order valence-corrected chi connectivity index (χ1v) is 12.0. The largest absolute Gasteiger partial charge is 0.489 e. The monoisotopic (exact) mass is 523 g/mol. The molecule has 1 atom stereocenters. The van der Waals surface area contributed by atoms with Crippen molar-refractivity contribution >= 4 is 23.2 Å². The van der Waals surface area contributed by atoms with E-state index in [1.165, 1.54) is 18.3 Å². The average molecular weight is 524 g/mol. The van der Waals surface area contributed by atoms with Crippen LogP contribution in [0.5, 0.6) is 5.75 Å². The van der Waals surface area contributed by atoms with E-state index in [0.29, 0.717) is 53.5 Å². The maximum atomic E-state index is 13.3. The van der Waals surface area contributed by atoms with Gasteiger partial charge >= 0.3 is 6.18 Å². The number of anilines is 2. The smallest absolute Gasteiger partial charge is 0.416 e. The molecule has 11 heteroatoms. The van der Waals surface area contributed by atoms with Gasteiger partial charge in [0.2, 0.25) is 0 Å². The Morgan fingerprint density at radius 3 is 2.89 bits per heavy atom. The summed E-state index contributed by atoms with van der Waals surface area (Å²) in [6.07, 6.45) is -0.128. The number of carbonyl (C=O) groups is 2. The van der Waals surface area contributed by atoms with Gasteiger partial charge in [-0.25, -0.2) is 0 Å². The van der Waals surface area contributed by atoms with Crippen molar-refractivity contribution in [3.05, 3.63) is 59.5 Å². The first kappa shape index (κ1) is 25.2. The molecule has 2 aliphatic heterocycles. The van der Waals surface area contributed by atoms with Crippen molar-refractivity contribution in [2.75, 3.05) is 25.0 Å². The van der Waals surface area contributed by atoms with Crippen LogP contribution < -0.4 is 15.4 Å². The number of nitrogens with one attached hydrogen (secondary N) is 3.